The first-order valence-electron chi connectivity index (χ1n) is 5.10. The van der Waals surface area contributed by atoms with E-state index in [-0.39, 0.29) is 64.7 Å². The van der Waals surface area contributed by atoms with Crippen LogP contribution in [0, 0.1) is 0 Å². The van der Waals surface area contributed by atoms with Crippen LogP contribution in [-0.2, 0) is 18.9 Å². The molecule has 0 aromatic rings. The molecule has 1 aliphatic rings. The van der Waals surface area contributed by atoms with Gasteiger partial charge in [0, 0.05) is 6.42 Å². The molecular weight excluding hydrogens is 329 g/mol. The first kappa shape index (κ1) is 24.0. The molecule has 0 saturated heterocycles. The summed E-state index contributed by atoms with van der Waals surface area (Å²) < 4.78 is 15.0. The van der Waals surface area contributed by atoms with E-state index in [1.165, 1.54) is 0 Å². The van der Waals surface area contributed by atoms with Crippen LogP contribution >= 0.6 is 7.60 Å². The van der Waals surface area contributed by atoms with Crippen molar-refractivity contribution in [2.45, 2.75) is 24.7 Å². The van der Waals surface area contributed by atoms with Crippen LogP contribution in [0.5, 0.6) is 0 Å². The van der Waals surface area contributed by atoms with E-state index in [9.17, 15) is 34.4 Å². The maximum atomic E-state index is 11.1. The van der Waals surface area contributed by atoms with Crippen LogP contribution in [0.25, 0.3) is 0 Å². The SMILES string of the molecule is O=C(CP(=O)([O-])O)O[C@@H]1CC(C(=O)[O-])=C[C@@H](O)[C@H]1O.[Na+].[Na+]. The molecule has 0 heterocycles. The van der Waals surface area contributed by atoms with Gasteiger partial charge in [0.25, 0.3) is 0 Å². The molecule has 0 fully saturated rings. The van der Waals surface area contributed by atoms with Gasteiger partial charge in [0.2, 0.25) is 0 Å². The average Bonchev–Trinajstić information content (AvgIpc) is 2.21. The van der Waals surface area contributed by atoms with Gasteiger partial charge in [0.1, 0.15) is 32.1 Å². The van der Waals surface area contributed by atoms with Crippen molar-refractivity contribution in [3.8, 4) is 0 Å². The van der Waals surface area contributed by atoms with Crippen LogP contribution in [0.2, 0.25) is 0 Å². The van der Waals surface area contributed by atoms with E-state index < -0.39 is 50.4 Å². The summed E-state index contributed by atoms with van der Waals surface area (Å²) in [6.45, 7) is 0. The van der Waals surface area contributed by atoms with Crippen LogP contribution in [-0.4, -0.2) is 51.5 Å². The number of aliphatic hydroxyl groups is 2. The van der Waals surface area contributed by atoms with Crippen molar-refractivity contribution in [3.05, 3.63) is 11.6 Å². The van der Waals surface area contributed by atoms with Gasteiger partial charge in [-0.2, -0.15) is 0 Å². The second-order valence-corrected chi connectivity index (χ2v) is 5.58. The van der Waals surface area contributed by atoms with Crippen molar-refractivity contribution in [1.82, 2.24) is 0 Å². The number of carboxylic acid groups (broad SMARTS) is 1. The van der Waals surface area contributed by atoms with Crippen molar-refractivity contribution < 1.29 is 103 Å². The third-order valence-corrected chi connectivity index (χ3v) is 3.06. The van der Waals surface area contributed by atoms with Crippen LogP contribution in [0.15, 0.2) is 11.6 Å². The Morgan fingerprint density at radius 2 is 1.90 bits per heavy atom. The quantitative estimate of drug-likeness (QED) is 0.256. The van der Waals surface area contributed by atoms with Gasteiger partial charge in [-0.25, -0.2) is 0 Å². The van der Waals surface area contributed by atoms with Gasteiger partial charge in [-0.15, -0.1) is 0 Å². The fraction of sp³-hybridized carbons (Fsp3) is 0.556. The summed E-state index contributed by atoms with van der Waals surface area (Å²) in [5.41, 5.74) is -0.384. The van der Waals surface area contributed by atoms with Crippen molar-refractivity contribution in [3.63, 3.8) is 0 Å². The topological polar surface area (TPSA) is 167 Å². The zero-order chi connectivity index (χ0) is 14.8. The molecule has 0 spiro atoms. The van der Waals surface area contributed by atoms with Gasteiger partial charge in [0.05, 0.1) is 5.97 Å². The van der Waals surface area contributed by atoms with E-state index in [0.29, 0.717) is 0 Å². The average molecular weight is 340 g/mol. The molecule has 0 bridgehead atoms. The van der Waals surface area contributed by atoms with E-state index in [0.717, 1.165) is 6.08 Å². The number of carbonyl (C=O) groups excluding carboxylic acids is 2. The maximum absolute atomic E-state index is 11.1. The number of aliphatic hydroxyl groups excluding tert-OH is 2. The number of hydrogen-bond acceptors (Lipinski definition) is 8. The van der Waals surface area contributed by atoms with Crippen LogP contribution < -0.4 is 69.1 Å². The number of carboxylic acids is 1. The molecule has 0 radical (unpaired) electrons. The molecule has 0 aromatic carbocycles. The van der Waals surface area contributed by atoms with E-state index >= 15 is 0 Å². The van der Waals surface area contributed by atoms with E-state index in [4.69, 9.17) is 4.89 Å². The number of aliphatic carboxylic acids is 1. The Morgan fingerprint density at radius 1 is 1.38 bits per heavy atom. The second-order valence-electron chi connectivity index (χ2n) is 3.99. The fourth-order valence-corrected chi connectivity index (χ4v) is 1.96. The van der Waals surface area contributed by atoms with Crippen molar-refractivity contribution in [2.75, 3.05) is 6.16 Å². The van der Waals surface area contributed by atoms with Gasteiger partial charge in [-0.1, -0.05) is 0 Å². The predicted octanol–water partition coefficient (Wildman–Crippen LogP) is -9.75. The zero-order valence-corrected chi connectivity index (χ0v) is 16.4. The Labute approximate surface area is 164 Å². The standard InChI is InChI=1S/C9H13O9P.2Na/c10-5-1-4(9(13)14)2-6(8(5)12)18-7(11)3-19(15,16)17;;/h1,5-6,8,10,12H,2-3H2,(H,13,14)(H2,15,16,17);;/q;2*+1/p-2/t5-,6-,8-;;/m1../s1. The van der Waals surface area contributed by atoms with Crippen molar-refractivity contribution in [2.24, 2.45) is 0 Å². The third kappa shape index (κ3) is 8.24. The van der Waals surface area contributed by atoms with Crippen molar-refractivity contribution >= 4 is 19.5 Å². The Kier molecular flexibility index (Phi) is 11.2. The zero-order valence-electron chi connectivity index (χ0n) is 11.5. The summed E-state index contributed by atoms with van der Waals surface area (Å²) in [7, 11) is -4.87. The summed E-state index contributed by atoms with van der Waals surface area (Å²) in [4.78, 5) is 40.6. The largest absolute Gasteiger partial charge is 1.00 e. The molecular formula is C9H11Na2O9P. The van der Waals surface area contributed by atoms with Gasteiger partial charge in [0.15, 0.2) is 0 Å². The third-order valence-electron chi connectivity index (χ3n) is 2.40. The fourth-order valence-electron chi connectivity index (χ4n) is 1.56. The van der Waals surface area contributed by atoms with Gasteiger partial charge in [-0.05, 0) is 11.6 Å². The summed E-state index contributed by atoms with van der Waals surface area (Å²) in [6.07, 6.45) is -5.54. The summed E-state index contributed by atoms with van der Waals surface area (Å²) in [6, 6.07) is 0. The normalized spacial score (nSPS) is 27.2. The predicted molar refractivity (Wildman–Crippen MR) is 54.3 cm³/mol. The molecule has 0 amide bonds. The molecule has 9 nitrogen and oxygen atoms in total. The molecule has 0 aromatic heterocycles. The van der Waals surface area contributed by atoms with Crippen LogP contribution in [0.4, 0.5) is 0 Å². The Morgan fingerprint density at radius 3 is 2.33 bits per heavy atom. The number of rotatable bonds is 4. The molecule has 3 N–H and O–H groups in total. The Hall–Kier alpha value is 0.750. The monoisotopic (exact) mass is 340 g/mol. The first-order valence-corrected chi connectivity index (χ1v) is 6.87. The van der Waals surface area contributed by atoms with E-state index in [1.807, 2.05) is 0 Å². The Balaban J connectivity index is 0. The molecule has 12 heteroatoms. The minimum absolute atomic E-state index is 0. The van der Waals surface area contributed by atoms with E-state index in [1.54, 1.807) is 0 Å². The van der Waals surface area contributed by atoms with Gasteiger partial charge in [-0.3, -0.25) is 4.79 Å². The smallest absolute Gasteiger partial charge is 0.778 e. The minimum Gasteiger partial charge on any atom is -0.778 e. The number of esters is 1. The summed E-state index contributed by atoms with van der Waals surface area (Å²) >= 11 is 0. The molecule has 21 heavy (non-hydrogen) atoms. The minimum atomic E-state index is -4.87. The molecule has 1 rings (SSSR count). The molecule has 4 atom stereocenters. The molecule has 108 valence electrons. The second kappa shape index (κ2) is 9.79. The number of carbonyl (C=O) groups is 2. The van der Waals surface area contributed by atoms with E-state index in [2.05, 4.69) is 4.74 Å². The van der Waals surface area contributed by atoms with Gasteiger partial charge < -0.3 is 39.2 Å². The summed E-state index contributed by atoms with van der Waals surface area (Å²) in [5, 5.41) is 29.4. The summed E-state index contributed by atoms with van der Waals surface area (Å²) in [5.74, 6) is -2.97. The Bertz CT molecular complexity index is 460. The van der Waals surface area contributed by atoms with Gasteiger partial charge >= 0.3 is 65.1 Å². The number of hydrogen-bond donors (Lipinski definition) is 3. The molecule has 1 aliphatic carbocycles. The van der Waals surface area contributed by atoms with Crippen LogP contribution in [0.3, 0.4) is 0 Å². The molecule has 1 unspecified atom stereocenters. The molecule has 0 aliphatic heterocycles. The first-order chi connectivity index (χ1) is 8.60. The van der Waals surface area contributed by atoms with Crippen molar-refractivity contribution in [1.29, 1.82) is 0 Å². The number of ether oxygens (including phenoxy) is 1. The maximum Gasteiger partial charge on any atom is 1.00 e. The van der Waals surface area contributed by atoms with Crippen LogP contribution in [0.1, 0.15) is 6.42 Å². The molecule has 0 saturated carbocycles.